The van der Waals surface area contributed by atoms with Crippen LogP contribution in [0.15, 0.2) is 18.2 Å². The second kappa shape index (κ2) is 4.18. The SMILES string of the molecule is Cc1cccc2c1NC(=O)C2CC(N)C(=O)O. The average Bonchev–Trinajstić information content (AvgIpc) is 2.58. The van der Waals surface area contributed by atoms with E-state index in [2.05, 4.69) is 5.32 Å². The predicted molar refractivity (Wildman–Crippen MR) is 62.8 cm³/mol. The molecule has 0 saturated heterocycles. The first-order valence-corrected chi connectivity index (χ1v) is 5.39. The molecule has 0 aromatic heterocycles. The Kier molecular flexibility index (Phi) is 2.85. The van der Waals surface area contributed by atoms with Gasteiger partial charge in [0.25, 0.3) is 0 Å². The van der Waals surface area contributed by atoms with Crippen LogP contribution in [-0.2, 0) is 9.59 Å². The third-order valence-corrected chi connectivity index (χ3v) is 3.05. The zero-order chi connectivity index (χ0) is 12.6. The number of fused-ring (bicyclic) bond motifs is 1. The van der Waals surface area contributed by atoms with E-state index < -0.39 is 17.9 Å². The maximum Gasteiger partial charge on any atom is 0.320 e. The van der Waals surface area contributed by atoms with Gasteiger partial charge in [-0.05, 0) is 24.5 Å². The molecule has 0 aliphatic carbocycles. The van der Waals surface area contributed by atoms with Gasteiger partial charge < -0.3 is 16.2 Å². The summed E-state index contributed by atoms with van der Waals surface area (Å²) >= 11 is 0. The molecule has 1 aliphatic heterocycles. The number of nitrogens with two attached hydrogens (primary N) is 1. The summed E-state index contributed by atoms with van der Waals surface area (Å²) in [6, 6.07) is 4.57. The summed E-state index contributed by atoms with van der Waals surface area (Å²) in [5, 5.41) is 11.5. The molecule has 17 heavy (non-hydrogen) atoms. The molecular weight excluding hydrogens is 220 g/mol. The van der Waals surface area contributed by atoms with E-state index in [0.717, 1.165) is 16.8 Å². The number of para-hydroxylation sites is 1. The second-order valence-corrected chi connectivity index (χ2v) is 4.26. The lowest BCUT2D eigenvalue weighted by atomic mass is 9.93. The number of carbonyl (C=O) groups is 2. The smallest absolute Gasteiger partial charge is 0.320 e. The van der Waals surface area contributed by atoms with E-state index in [-0.39, 0.29) is 12.3 Å². The molecule has 0 spiro atoms. The number of aliphatic carboxylic acids is 1. The molecule has 2 rings (SSSR count). The van der Waals surface area contributed by atoms with Gasteiger partial charge in [-0.25, -0.2) is 0 Å². The lowest BCUT2D eigenvalue weighted by Crippen LogP contribution is -2.33. The Morgan fingerprint density at radius 3 is 2.94 bits per heavy atom. The summed E-state index contributed by atoms with van der Waals surface area (Å²) in [6.45, 7) is 1.90. The van der Waals surface area contributed by atoms with Crippen molar-refractivity contribution < 1.29 is 14.7 Å². The van der Waals surface area contributed by atoms with Gasteiger partial charge in [0.05, 0.1) is 5.92 Å². The molecule has 0 radical (unpaired) electrons. The predicted octanol–water partition coefficient (Wildman–Crippen LogP) is 0.833. The molecule has 0 saturated carbocycles. The van der Waals surface area contributed by atoms with Crippen LogP contribution in [0.4, 0.5) is 5.69 Å². The van der Waals surface area contributed by atoms with Crippen molar-refractivity contribution in [3.63, 3.8) is 0 Å². The summed E-state index contributed by atoms with van der Waals surface area (Å²) < 4.78 is 0. The van der Waals surface area contributed by atoms with Gasteiger partial charge in [0.2, 0.25) is 5.91 Å². The fourth-order valence-corrected chi connectivity index (χ4v) is 2.09. The molecule has 1 amide bonds. The van der Waals surface area contributed by atoms with Crippen LogP contribution in [0, 0.1) is 6.92 Å². The Hall–Kier alpha value is -1.88. The highest BCUT2D eigenvalue weighted by molar-refractivity contribution is 6.04. The van der Waals surface area contributed by atoms with Crippen LogP contribution in [0.3, 0.4) is 0 Å². The van der Waals surface area contributed by atoms with Crippen molar-refractivity contribution in [1.29, 1.82) is 0 Å². The Bertz CT molecular complexity index is 485. The summed E-state index contributed by atoms with van der Waals surface area (Å²) in [6.07, 6.45) is 0.123. The van der Waals surface area contributed by atoms with Gasteiger partial charge in [-0.3, -0.25) is 9.59 Å². The molecule has 1 aromatic carbocycles. The van der Waals surface area contributed by atoms with Gasteiger partial charge in [-0.1, -0.05) is 18.2 Å². The fraction of sp³-hybridized carbons (Fsp3) is 0.333. The van der Waals surface area contributed by atoms with E-state index in [4.69, 9.17) is 10.8 Å². The Morgan fingerprint density at radius 2 is 2.29 bits per heavy atom. The molecule has 2 atom stereocenters. The van der Waals surface area contributed by atoms with Gasteiger partial charge in [-0.15, -0.1) is 0 Å². The molecule has 90 valence electrons. The van der Waals surface area contributed by atoms with Crippen molar-refractivity contribution in [3.8, 4) is 0 Å². The number of amides is 1. The van der Waals surface area contributed by atoms with E-state index in [0.29, 0.717) is 0 Å². The molecule has 0 bridgehead atoms. The van der Waals surface area contributed by atoms with Crippen LogP contribution in [0.1, 0.15) is 23.5 Å². The minimum atomic E-state index is -1.08. The number of nitrogens with one attached hydrogen (secondary N) is 1. The van der Waals surface area contributed by atoms with Crippen molar-refractivity contribution in [2.45, 2.75) is 25.3 Å². The highest BCUT2D eigenvalue weighted by atomic mass is 16.4. The van der Waals surface area contributed by atoms with E-state index in [1.54, 1.807) is 0 Å². The number of carboxylic acid groups (broad SMARTS) is 1. The molecule has 5 heteroatoms. The number of hydrogen-bond donors (Lipinski definition) is 3. The van der Waals surface area contributed by atoms with Crippen LogP contribution in [0.2, 0.25) is 0 Å². The summed E-state index contributed by atoms with van der Waals surface area (Å²) in [5.41, 5.74) is 8.08. The van der Waals surface area contributed by atoms with Gasteiger partial charge in [-0.2, -0.15) is 0 Å². The molecule has 1 aliphatic rings. The number of anilines is 1. The number of carboxylic acids is 1. The molecular formula is C12H14N2O3. The standard InChI is InChI=1S/C12H14N2O3/c1-6-3-2-4-7-8(5-9(13)12(16)17)11(15)14-10(6)7/h2-4,8-9H,5,13H2,1H3,(H,14,15)(H,16,17). The Balaban J connectivity index is 2.29. The number of hydrogen-bond acceptors (Lipinski definition) is 3. The normalized spacial score (nSPS) is 19.6. The first-order chi connectivity index (χ1) is 8.00. The van der Waals surface area contributed by atoms with Crippen LogP contribution in [0.5, 0.6) is 0 Å². The minimum Gasteiger partial charge on any atom is -0.480 e. The van der Waals surface area contributed by atoms with Crippen LogP contribution in [-0.4, -0.2) is 23.0 Å². The van der Waals surface area contributed by atoms with Gasteiger partial charge in [0, 0.05) is 5.69 Å². The van der Waals surface area contributed by atoms with Crippen molar-refractivity contribution in [3.05, 3.63) is 29.3 Å². The molecule has 4 N–H and O–H groups in total. The van der Waals surface area contributed by atoms with Crippen molar-refractivity contribution in [2.75, 3.05) is 5.32 Å². The molecule has 1 aromatic rings. The zero-order valence-corrected chi connectivity index (χ0v) is 9.43. The van der Waals surface area contributed by atoms with E-state index in [1.807, 2.05) is 25.1 Å². The first-order valence-electron chi connectivity index (χ1n) is 5.39. The largest absolute Gasteiger partial charge is 0.480 e. The van der Waals surface area contributed by atoms with Gasteiger partial charge in [0.1, 0.15) is 6.04 Å². The van der Waals surface area contributed by atoms with Crippen LogP contribution in [0.25, 0.3) is 0 Å². The van der Waals surface area contributed by atoms with E-state index >= 15 is 0 Å². The second-order valence-electron chi connectivity index (χ2n) is 4.26. The molecule has 0 fully saturated rings. The number of aryl methyl sites for hydroxylation is 1. The van der Waals surface area contributed by atoms with E-state index in [9.17, 15) is 9.59 Å². The highest BCUT2D eigenvalue weighted by Gasteiger charge is 2.33. The molecule has 1 heterocycles. The Morgan fingerprint density at radius 1 is 1.59 bits per heavy atom. The summed E-state index contributed by atoms with van der Waals surface area (Å²) in [4.78, 5) is 22.5. The van der Waals surface area contributed by atoms with Crippen LogP contribution < -0.4 is 11.1 Å². The maximum absolute atomic E-state index is 11.8. The third-order valence-electron chi connectivity index (χ3n) is 3.05. The topological polar surface area (TPSA) is 92.4 Å². The maximum atomic E-state index is 11.8. The number of carbonyl (C=O) groups excluding carboxylic acids is 1. The van der Waals surface area contributed by atoms with Gasteiger partial charge in [0.15, 0.2) is 0 Å². The van der Waals surface area contributed by atoms with E-state index in [1.165, 1.54) is 0 Å². The Labute approximate surface area is 98.6 Å². The minimum absolute atomic E-state index is 0.123. The quantitative estimate of drug-likeness (QED) is 0.722. The number of rotatable bonds is 3. The zero-order valence-electron chi connectivity index (χ0n) is 9.43. The summed E-state index contributed by atoms with van der Waals surface area (Å²) in [7, 11) is 0. The third kappa shape index (κ3) is 2.01. The highest BCUT2D eigenvalue weighted by Crippen LogP contribution is 2.37. The van der Waals surface area contributed by atoms with Crippen molar-refractivity contribution in [2.24, 2.45) is 5.73 Å². The summed E-state index contributed by atoms with van der Waals surface area (Å²) in [5.74, 6) is -1.72. The molecule has 2 unspecified atom stereocenters. The molecule has 5 nitrogen and oxygen atoms in total. The lowest BCUT2D eigenvalue weighted by Gasteiger charge is -2.11. The van der Waals surface area contributed by atoms with Gasteiger partial charge >= 0.3 is 5.97 Å². The lowest BCUT2D eigenvalue weighted by molar-refractivity contribution is -0.138. The van der Waals surface area contributed by atoms with Crippen LogP contribution >= 0.6 is 0 Å². The average molecular weight is 234 g/mol. The van der Waals surface area contributed by atoms with Crippen molar-refractivity contribution in [1.82, 2.24) is 0 Å². The monoisotopic (exact) mass is 234 g/mol. The number of benzene rings is 1. The fourth-order valence-electron chi connectivity index (χ4n) is 2.09. The first kappa shape index (κ1) is 11.6. The van der Waals surface area contributed by atoms with Crippen molar-refractivity contribution >= 4 is 17.6 Å².